The van der Waals surface area contributed by atoms with Crippen LogP contribution in [0.3, 0.4) is 0 Å². The lowest BCUT2D eigenvalue weighted by Crippen LogP contribution is -2.05. The zero-order valence-electron chi connectivity index (χ0n) is 8.79. The molecule has 14 heavy (non-hydrogen) atoms. The molecule has 0 heterocycles. The van der Waals surface area contributed by atoms with Crippen molar-refractivity contribution >= 4 is 0 Å². The van der Waals surface area contributed by atoms with Crippen LogP contribution < -0.4 is 0 Å². The molecule has 1 aromatic rings. The van der Waals surface area contributed by atoms with Crippen molar-refractivity contribution in [2.24, 2.45) is 0 Å². The zero-order valence-corrected chi connectivity index (χ0v) is 8.79. The number of hydrogen-bond donors (Lipinski definition) is 0. The molecule has 0 radical (unpaired) electrons. The minimum Gasteiger partial charge on any atom is -0.366 e. The van der Waals surface area contributed by atoms with Crippen LogP contribution in [-0.2, 0) is 4.74 Å². The molecule has 0 N–H and O–H groups in total. The van der Waals surface area contributed by atoms with Crippen molar-refractivity contribution in [3.63, 3.8) is 0 Å². The number of hydrogen-bond acceptors (Lipinski definition) is 1. The fraction of sp³-hybridized carbons (Fsp3) is 0.385. The van der Waals surface area contributed by atoms with E-state index in [-0.39, 0.29) is 0 Å². The van der Waals surface area contributed by atoms with E-state index in [2.05, 4.69) is 25.7 Å². The van der Waals surface area contributed by atoms with Gasteiger partial charge in [-0.2, -0.15) is 0 Å². The third-order valence-corrected chi connectivity index (χ3v) is 2.02. The third-order valence-electron chi connectivity index (χ3n) is 2.02. The summed E-state index contributed by atoms with van der Waals surface area (Å²) in [7, 11) is 0. The Bertz CT molecular complexity index is 305. The Hall–Kier alpha value is -1.26. The van der Waals surface area contributed by atoms with E-state index in [0.29, 0.717) is 12.7 Å². The van der Waals surface area contributed by atoms with Crippen molar-refractivity contribution < 1.29 is 4.74 Å². The molecule has 0 saturated carbocycles. The predicted octanol–water partition coefficient (Wildman–Crippen LogP) is 2.85. The van der Waals surface area contributed by atoms with Gasteiger partial charge in [-0.3, -0.25) is 0 Å². The molecule has 0 aliphatic carbocycles. The molecule has 1 heteroatoms. The highest BCUT2D eigenvalue weighted by atomic mass is 16.5. The van der Waals surface area contributed by atoms with Crippen molar-refractivity contribution in [2.75, 3.05) is 6.61 Å². The zero-order chi connectivity index (χ0) is 10.2. The lowest BCUT2D eigenvalue weighted by molar-refractivity contribution is 0.0895. The highest BCUT2D eigenvalue weighted by molar-refractivity contribution is 5.33. The van der Waals surface area contributed by atoms with Crippen LogP contribution in [0.2, 0.25) is 0 Å². The van der Waals surface area contributed by atoms with E-state index >= 15 is 0 Å². The maximum absolute atomic E-state index is 5.44. The lowest BCUT2D eigenvalue weighted by atomic mass is 10.2. The van der Waals surface area contributed by atoms with Gasteiger partial charge >= 0.3 is 0 Å². The number of ether oxygens (including phenoxy) is 1. The summed E-state index contributed by atoms with van der Waals surface area (Å²) in [5.41, 5.74) is 1.04. The first kappa shape index (κ1) is 10.8. The van der Waals surface area contributed by atoms with Crippen molar-refractivity contribution in [1.82, 2.24) is 0 Å². The van der Waals surface area contributed by atoms with E-state index in [9.17, 15) is 0 Å². The maximum Gasteiger partial charge on any atom is 0.108 e. The minimum absolute atomic E-state index is 0.306. The van der Waals surface area contributed by atoms with Gasteiger partial charge in [0.25, 0.3) is 0 Å². The standard InChI is InChI=1S/C13H16O/c1-3-12(2)14-11-7-10-13-8-5-4-6-9-13/h4-6,8-9,12H,3,11H2,1-2H3. The molecule has 1 rings (SSSR count). The molecule has 0 saturated heterocycles. The van der Waals surface area contributed by atoms with Crippen molar-refractivity contribution in [2.45, 2.75) is 26.4 Å². The van der Waals surface area contributed by atoms with Crippen LogP contribution in [0.25, 0.3) is 0 Å². The van der Waals surface area contributed by atoms with Gasteiger partial charge in [-0.15, -0.1) is 0 Å². The van der Waals surface area contributed by atoms with Gasteiger partial charge in [-0.05, 0) is 25.5 Å². The highest BCUT2D eigenvalue weighted by Gasteiger charge is 1.93. The van der Waals surface area contributed by atoms with Crippen LogP contribution in [0, 0.1) is 11.8 Å². The van der Waals surface area contributed by atoms with E-state index in [1.54, 1.807) is 0 Å². The summed E-state index contributed by atoms with van der Waals surface area (Å²) in [6.07, 6.45) is 1.34. The summed E-state index contributed by atoms with van der Waals surface area (Å²) in [5, 5.41) is 0. The Morgan fingerprint density at radius 2 is 2.00 bits per heavy atom. The van der Waals surface area contributed by atoms with Crippen LogP contribution in [0.1, 0.15) is 25.8 Å². The SMILES string of the molecule is CCC(C)OCC#Cc1ccccc1. The normalized spacial score (nSPS) is 11.6. The molecule has 0 fully saturated rings. The summed E-state index contributed by atoms with van der Waals surface area (Å²) in [6, 6.07) is 9.95. The summed E-state index contributed by atoms with van der Waals surface area (Å²) in [6.45, 7) is 4.68. The summed E-state index contributed by atoms with van der Waals surface area (Å²) in [5.74, 6) is 6.04. The maximum atomic E-state index is 5.44. The average molecular weight is 188 g/mol. The van der Waals surface area contributed by atoms with Crippen LogP contribution in [-0.4, -0.2) is 12.7 Å². The van der Waals surface area contributed by atoms with E-state index < -0.39 is 0 Å². The molecule has 0 aliphatic heterocycles. The van der Waals surface area contributed by atoms with E-state index in [1.165, 1.54) is 0 Å². The first-order valence-electron chi connectivity index (χ1n) is 4.98. The van der Waals surface area contributed by atoms with Crippen LogP contribution in [0.5, 0.6) is 0 Å². The molecule has 0 amide bonds. The van der Waals surface area contributed by atoms with E-state index in [1.807, 2.05) is 30.3 Å². The Balaban J connectivity index is 2.34. The monoisotopic (exact) mass is 188 g/mol. The van der Waals surface area contributed by atoms with Gasteiger partial charge in [0.1, 0.15) is 6.61 Å². The average Bonchev–Trinajstić information content (AvgIpc) is 2.25. The van der Waals surface area contributed by atoms with Gasteiger partial charge in [-0.1, -0.05) is 37.0 Å². The second-order valence-corrected chi connectivity index (χ2v) is 3.20. The first-order chi connectivity index (χ1) is 6.83. The Labute approximate surface area is 86.1 Å². The van der Waals surface area contributed by atoms with Gasteiger partial charge in [0, 0.05) is 5.56 Å². The second kappa shape index (κ2) is 6.23. The Morgan fingerprint density at radius 1 is 1.29 bits per heavy atom. The third kappa shape index (κ3) is 4.11. The van der Waals surface area contributed by atoms with Crippen LogP contribution in [0.15, 0.2) is 30.3 Å². The molecule has 0 aromatic heterocycles. The van der Waals surface area contributed by atoms with Crippen molar-refractivity contribution in [3.05, 3.63) is 35.9 Å². The largest absolute Gasteiger partial charge is 0.366 e. The fourth-order valence-corrected chi connectivity index (χ4v) is 0.961. The van der Waals surface area contributed by atoms with Crippen LogP contribution >= 0.6 is 0 Å². The second-order valence-electron chi connectivity index (χ2n) is 3.20. The quantitative estimate of drug-likeness (QED) is 0.663. The molecular formula is C13H16O. The molecule has 0 bridgehead atoms. The molecule has 0 spiro atoms. The fourth-order valence-electron chi connectivity index (χ4n) is 0.961. The van der Waals surface area contributed by atoms with Crippen molar-refractivity contribution in [3.8, 4) is 11.8 Å². The molecule has 0 aliphatic rings. The topological polar surface area (TPSA) is 9.23 Å². The minimum atomic E-state index is 0.306. The molecule has 74 valence electrons. The van der Waals surface area contributed by atoms with E-state index in [4.69, 9.17) is 4.74 Å². The highest BCUT2D eigenvalue weighted by Crippen LogP contribution is 1.96. The molecule has 1 nitrogen and oxygen atoms in total. The number of rotatable bonds is 3. The molecular weight excluding hydrogens is 172 g/mol. The van der Waals surface area contributed by atoms with Gasteiger partial charge in [0.15, 0.2) is 0 Å². The van der Waals surface area contributed by atoms with Crippen LogP contribution in [0.4, 0.5) is 0 Å². The number of benzene rings is 1. The first-order valence-corrected chi connectivity index (χ1v) is 4.98. The predicted molar refractivity (Wildman–Crippen MR) is 59.0 cm³/mol. The Kier molecular flexibility index (Phi) is 4.82. The van der Waals surface area contributed by atoms with E-state index in [0.717, 1.165) is 12.0 Å². The lowest BCUT2D eigenvalue weighted by Gasteiger charge is -2.05. The summed E-state index contributed by atoms with van der Waals surface area (Å²) >= 11 is 0. The van der Waals surface area contributed by atoms with Gasteiger partial charge < -0.3 is 4.74 Å². The van der Waals surface area contributed by atoms with Gasteiger partial charge in [0.05, 0.1) is 6.10 Å². The smallest absolute Gasteiger partial charge is 0.108 e. The molecule has 1 unspecified atom stereocenters. The van der Waals surface area contributed by atoms with Gasteiger partial charge in [0.2, 0.25) is 0 Å². The molecule has 1 aromatic carbocycles. The van der Waals surface area contributed by atoms with Gasteiger partial charge in [-0.25, -0.2) is 0 Å². The van der Waals surface area contributed by atoms with Crippen molar-refractivity contribution in [1.29, 1.82) is 0 Å². The summed E-state index contributed by atoms with van der Waals surface area (Å²) in [4.78, 5) is 0. The Morgan fingerprint density at radius 3 is 2.64 bits per heavy atom. The summed E-state index contributed by atoms with van der Waals surface area (Å²) < 4.78 is 5.44. The molecule has 1 atom stereocenters.